The number of rotatable bonds is 5. The minimum Gasteiger partial charge on any atom is -0.478 e. The van der Waals surface area contributed by atoms with Crippen molar-refractivity contribution in [1.82, 2.24) is 14.9 Å². The smallest absolute Gasteiger partial charge is 0.219 e. The predicted molar refractivity (Wildman–Crippen MR) is 76.8 cm³/mol. The maximum Gasteiger partial charge on any atom is 0.219 e. The van der Waals surface area contributed by atoms with Crippen LogP contribution in [0.15, 0.2) is 12.4 Å². The van der Waals surface area contributed by atoms with E-state index in [1.165, 1.54) is 6.33 Å². The summed E-state index contributed by atoms with van der Waals surface area (Å²) in [7, 11) is 2.01. The van der Waals surface area contributed by atoms with E-state index in [2.05, 4.69) is 14.9 Å². The van der Waals surface area contributed by atoms with Crippen molar-refractivity contribution in [1.29, 1.82) is 0 Å². The Balaban J connectivity index is 1.93. The molecule has 1 amide bonds. The molecule has 1 aliphatic rings. The summed E-state index contributed by atoms with van der Waals surface area (Å²) in [5, 5.41) is 0. The van der Waals surface area contributed by atoms with Crippen molar-refractivity contribution in [3.05, 3.63) is 12.4 Å². The predicted octanol–water partition coefficient (Wildman–Crippen LogP) is 1.18. The Labute approximate surface area is 119 Å². The number of likely N-dealkylation sites (tertiary alicyclic amines) is 1. The maximum atomic E-state index is 11.3. The van der Waals surface area contributed by atoms with E-state index >= 15 is 0 Å². The van der Waals surface area contributed by atoms with E-state index in [0.29, 0.717) is 18.4 Å². The van der Waals surface area contributed by atoms with Gasteiger partial charge >= 0.3 is 0 Å². The standard InChI is InChI=1S/C14H22N4O2/c1-4-20-14-7-13(15-10-16-14)17(3)8-12-5-6-18(9-12)11(2)19/h7,10,12H,4-6,8-9H2,1-3H3/t12-/m1/s1. The first-order valence-corrected chi connectivity index (χ1v) is 7.01. The van der Waals surface area contributed by atoms with Crippen molar-refractivity contribution in [3.8, 4) is 5.88 Å². The van der Waals surface area contributed by atoms with Gasteiger partial charge in [0, 0.05) is 39.7 Å². The molecule has 0 aliphatic carbocycles. The molecule has 1 saturated heterocycles. The molecule has 0 saturated carbocycles. The van der Waals surface area contributed by atoms with Crippen LogP contribution >= 0.6 is 0 Å². The molecule has 1 aliphatic heterocycles. The number of aromatic nitrogens is 2. The Morgan fingerprint density at radius 1 is 1.55 bits per heavy atom. The van der Waals surface area contributed by atoms with Crippen LogP contribution in [0.4, 0.5) is 5.82 Å². The zero-order valence-corrected chi connectivity index (χ0v) is 12.4. The normalized spacial score (nSPS) is 18.1. The van der Waals surface area contributed by atoms with Crippen molar-refractivity contribution < 1.29 is 9.53 Å². The molecule has 0 bridgehead atoms. The number of hydrogen-bond donors (Lipinski definition) is 0. The first kappa shape index (κ1) is 14.6. The van der Waals surface area contributed by atoms with E-state index in [-0.39, 0.29) is 5.91 Å². The summed E-state index contributed by atoms with van der Waals surface area (Å²) in [6.07, 6.45) is 2.57. The van der Waals surface area contributed by atoms with Crippen LogP contribution in [0.3, 0.4) is 0 Å². The lowest BCUT2D eigenvalue weighted by Gasteiger charge is -2.22. The maximum absolute atomic E-state index is 11.3. The molecule has 1 fully saturated rings. The zero-order chi connectivity index (χ0) is 14.5. The van der Waals surface area contributed by atoms with E-state index < -0.39 is 0 Å². The first-order chi connectivity index (χ1) is 9.60. The molecule has 0 unspecified atom stereocenters. The SMILES string of the molecule is CCOc1cc(N(C)C[C@H]2CCN(C(C)=O)C2)ncn1. The molecule has 20 heavy (non-hydrogen) atoms. The van der Waals surface area contributed by atoms with Gasteiger partial charge < -0.3 is 14.5 Å². The second-order valence-corrected chi connectivity index (χ2v) is 5.15. The Bertz CT molecular complexity index is 466. The Kier molecular flexibility index (Phi) is 4.76. The van der Waals surface area contributed by atoms with Crippen LogP contribution < -0.4 is 9.64 Å². The summed E-state index contributed by atoms with van der Waals surface area (Å²) in [5.74, 6) is 2.11. The van der Waals surface area contributed by atoms with Crippen LogP contribution in [0.2, 0.25) is 0 Å². The second-order valence-electron chi connectivity index (χ2n) is 5.15. The second kappa shape index (κ2) is 6.54. The van der Waals surface area contributed by atoms with Gasteiger partial charge in [-0.3, -0.25) is 4.79 Å². The highest BCUT2D eigenvalue weighted by Crippen LogP contribution is 2.20. The van der Waals surface area contributed by atoms with Crippen molar-refractivity contribution in [2.24, 2.45) is 5.92 Å². The van der Waals surface area contributed by atoms with Gasteiger partial charge in [0.25, 0.3) is 0 Å². The molecular weight excluding hydrogens is 256 g/mol. The van der Waals surface area contributed by atoms with E-state index in [4.69, 9.17) is 4.74 Å². The minimum absolute atomic E-state index is 0.163. The molecule has 6 nitrogen and oxygen atoms in total. The van der Waals surface area contributed by atoms with E-state index in [1.807, 2.05) is 24.9 Å². The monoisotopic (exact) mass is 278 g/mol. The third-order valence-electron chi connectivity index (χ3n) is 3.57. The van der Waals surface area contributed by atoms with Gasteiger partial charge in [-0.1, -0.05) is 0 Å². The average Bonchev–Trinajstić information content (AvgIpc) is 2.88. The highest BCUT2D eigenvalue weighted by molar-refractivity contribution is 5.73. The average molecular weight is 278 g/mol. The fraction of sp³-hybridized carbons (Fsp3) is 0.643. The fourth-order valence-corrected chi connectivity index (χ4v) is 2.51. The van der Waals surface area contributed by atoms with Crippen LogP contribution in [-0.4, -0.2) is 54.1 Å². The Hall–Kier alpha value is -1.85. The van der Waals surface area contributed by atoms with E-state index in [9.17, 15) is 4.79 Å². The van der Waals surface area contributed by atoms with Crippen LogP contribution in [0, 0.1) is 5.92 Å². The van der Waals surface area contributed by atoms with E-state index in [0.717, 1.165) is 31.9 Å². The summed E-state index contributed by atoms with van der Waals surface area (Å²) < 4.78 is 5.38. The summed E-state index contributed by atoms with van der Waals surface area (Å²) in [6, 6.07) is 1.85. The minimum atomic E-state index is 0.163. The summed E-state index contributed by atoms with van der Waals surface area (Å²) in [4.78, 5) is 23.7. The fourth-order valence-electron chi connectivity index (χ4n) is 2.51. The summed E-state index contributed by atoms with van der Waals surface area (Å²) in [5.41, 5.74) is 0. The Morgan fingerprint density at radius 2 is 2.35 bits per heavy atom. The van der Waals surface area contributed by atoms with Gasteiger partial charge in [0.2, 0.25) is 11.8 Å². The number of hydrogen-bond acceptors (Lipinski definition) is 5. The first-order valence-electron chi connectivity index (χ1n) is 7.01. The number of amides is 1. The molecule has 6 heteroatoms. The van der Waals surface area contributed by atoms with Crippen LogP contribution in [-0.2, 0) is 4.79 Å². The van der Waals surface area contributed by atoms with Crippen LogP contribution in [0.5, 0.6) is 5.88 Å². The van der Waals surface area contributed by atoms with Crippen LogP contribution in [0.1, 0.15) is 20.3 Å². The molecule has 1 aromatic rings. The van der Waals surface area contributed by atoms with Crippen LogP contribution in [0.25, 0.3) is 0 Å². The van der Waals surface area contributed by atoms with Crippen molar-refractivity contribution in [3.63, 3.8) is 0 Å². The highest BCUT2D eigenvalue weighted by Gasteiger charge is 2.25. The van der Waals surface area contributed by atoms with Gasteiger partial charge in [-0.15, -0.1) is 0 Å². The number of carbonyl (C=O) groups excluding carboxylic acids is 1. The van der Waals surface area contributed by atoms with Crippen molar-refractivity contribution >= 4 is 11.7 Å². The van der Waals surface area contributed by atoms with Gasteiger partial charge in [-0.2, -0.15) is 0 Å². The molecule has 0 spiro atoms. The molecule has 110 valence electrons. The lowest BCUT2D eigenvalue weighted by molar-refractivity contribution is -0.127. The topological polar surface area (TPSA) is 58.6 Å². The highest BCUT2D eigenvalue weighted by atomic mass is 16.5. The molecule has 2 rings (SSSR count). The summed E-state index contributed by atoms with van der Waals surface area (Å²) >= 11 is 0. The van der Waals surface area contributed by atoms with Gasteiger partial charge in [0.05, 0.1) is 6.61 Å². The van der Waals surface area contributed by atoms with Gasteiger partial charge in [0.15, 0.2) is 0 Å². The van der Waals surface area contributed by atoms with Gasteiger partial charge in [-0.05, 0) is 19.3 Å². The largest absolute Gasteiger partial charge is 0.478 e. The molecule has 2 heterocycles. The van der Waals surface area contributed by atoms with Crippen molar-refractivity contribution in [2.75, 3.05) is 38.2 Å². The molecule has 1 atom stereocenters. The number of anilines is 1. The van der Waals surface area contributed by atoms with Crippen molar-refractivity contribution in [2.45, 2.75) is 20.3 Å². The quantitative estimate of drug-likeness (QED) is 0.809. The lowest BCUT2D eigenvalue weighted by atomic mass is 10.1. The van der Waals surface area contributed by atoms with Gasteiger partial charge in [0.1, 0.15) is 12.1 Å². The third kappa shape index (κ3) is 3.59. The molecular formula is C14H22N4O2. The molecule has 0 aromatic carbocycles. The Morgan fingerprint density at radius 3 is 3.00 bits per heavy atom. The summed E-state index contributed by atoms with van der Waals surface area (Å²) in [6.45, 7) is 6.73. The number of nitrogens with zero attached hydrogens (tertiary/aromatic N) is 4. The molecule has 1 aromatic heterocycles. The lowest BCUT2D eigenvalue weighted by Crippen LogP contribution is -2.30. The number of ether oxygens (including phenoxy) is 1. The molecule has 0 N–H and O–H groups in total. The van der Waals surface area contributed by atoms with Gasteiger partial charge in [-0.25, -0.2) is 9.97 Å². The van der Waals surface area contributed by atoms with E-state index in [1.54, 1.807) is 6.92 Å². The number of carbonyl (C=O) groups is 1. The third-order valence-corrected chi connectivity index (χ3v) is 3.57. The zero-order valence-electron chi connectivity index (χ0n) is 12.4. The molecule has 0 radical (unpaired) electrons.